The fourth-order valence-corrected chi connectivity index (χ4v) is 3.23. The molecule has 1 fully saturated rings. The SMILES string of the molecule is Cn1ccnc1C(O)C1CCCN(c2ccc([N+](=O)[O-])cc2F)C1. The van der Waals surface area contributed by atoms with E-state index in [1.807, 2.05) is 11.9 Å². The first-order valence-electron chi connectivity index (χ1n) is 7.81. The van der Waals surface area contributed by atoms with Crippen LogP contribution < -0.4 is 4.90 Å². The summed E-state index contributed by atoms with van der Waals surface area (Å²) in [5.41, 5.74) is 0.0650. The Labute approximate surface area is 138 Å². The van der Waals surface area contributed by atoms with Gasteiger partial charge in [-0.25, -0.2) is 9.37 Å². The minimum Gasteiger partial charge on any atom is -0.385 e. The lowest BCUT2D eigenvalue weighted by molar-refractivity contribution is -0.385. The molecule has 1 aliphatic heterocycles. The summed E-state index contributed by atoms with van der Waals surface area (Å²) < 4.78 is 16.0. The molecule has 0 bridgehead atoms. The number of nitro groups is 1. The fraction of sp³-hybridized carbons (Fsp3) is 0.438. The Morgan fingerprint density at radius 2 is 2.29 bits per heavy atom. The molecular formula is C16H19FN4O3. The normalized spacial score (nSPS) is 19.3. The lowest BCUT2D eigenvalue weighted by atomic mass is 9.91. The smallest absolute Gasteiger partial charge is 0.272 e. The minimum atomic E-state index is -0.728. The first-order chi connectivity index (χ1) is 11.5. The van der Waals surface area contributed by atoms with Crippen LogP contribution in [-0.4, -0.2) is 32.7 Å². The maximum absolute atomic E-state index is 14.2. The molecule has 1 N–H and O–H groups in total. The molecule has 2 aromatic rings. The fourth-order valence-electron chi connectivity index (χ4n) is 3.23. The first-order valence-corrected chi connectivity index (χ1v) is 7.81. The van der Waals surface area contributed by atoms with Crippen LogP contribution in [0.1, 0.15) is 24.8 Å². The van der Waals surface area contributed by atoms with E-state index >= 15 is 0 Å². The number of nitrogens with zero attached hydrogens (tertiary/aromatic N) is 4. The van der Waals surface area contributed by atoms with Crippen molar-refractivity contribution in [3.63, 3.8) is 0 Å². The number of benzene rings is 1. The molecule has 128 valence electrons. The third kappa shape index (κ3) is 3.09. The summed E-state index contributed by atoms with van der Waals surface area (Å²) in [5.74, 6) is -0.100. The molecule has 1 aromatic heterocycles. The van der Waals surface area contributed by atoms with Crippen LogP contribution in [0.2, 0.25) is 0 Å². The highest BCUT2D eigenvalue weighted by molar-refractivity contribution is 5.52. The Kier molecular flexibility index (Phi) is 4.48. The molecule has 3 rings (SSSR count). The predicted molar refractivity (Wildman–Crippen MR) is 86.2 cm³/mol. The number of rotatable bonds is 4. The van der Waals surface area contributed by atoms with Crippen molar-refractivity contribution in [2.45, 2.75) is 18.9 Å². The molecule has 0 aliphatic carbocycles. The molecule has 7 nitrogen and oxygen atoms in total. The summed E-state index contributed by atoms with van der Waals surface area (Å²) in [5, 5.41) is 21.3. The van der Waals surface area contributed by atoms with Crippen LogP contribution in [0.3, 0.4) is 0 Å². The number of anilines is 1. The van der Waals surface area contributed by atoms with Crippen molar-refractivity contribution in [1.82, 2.24) is 9.55 Å². The zero-order chi connectivity index (χ0) is 17.3. The van der Waals surface area contributed by atoms with E-state index in [2.05, 4.69) is 4.98 Å². The van der Waals surface area contributed by atoms with Gasteiger partial charge in [-0.05, 0) is 18.9 Å². The van der Waals surface area contributed by atoms with E-state index in [-0.39, 0.29) is 11.6 Å². The van der Waals surface area contributed by atoms with Crippen LogP contribution >= 0.6 is 0 Å². The van der Waals surface area contributed by atoms with Gasteiger partial charge in [0.05, 0.1) is 16.7 Å². The lowest BCUT2D eigenvalue weighted by Crippen LogP contribution is -2.38. The maximum Gasteiger partial charge on any atom is 0.272 e. The van der Waals surface area contributed by atoms with Gasteiger partial charge in [0.25, 0.3) is 5.69 Å². The van der Waals surface area contributed by atoms with Gasteiger partial charge in [-0.15, -0.1) is 0 Å². The Balaban J connectivity index is 1.78. The minimum absolute atomic E-state index is 0.0746. The second kappa shape index (κ2) is 6.56. The number of aliphatic hydroxyl groups is 1. The molecule has 0 saturated carbocycles. The Hall–Kier alpha value is -2.48. The van der Waals surface area contributed by atoms with E-state index in [1.165, 1.54) is 12.1 Å². The van der Waals surface area contributed by atoms with E-state index in [4.69, 9.17) is 0 Å². The number of halogens is 1. The molecule has 2 unspecified atom stereocenters. The average molecular weight is 334 g/mol. The van der Waals surface area contributed by atoms with Gasteiger partial charge < -0.3 is 14.6 Å². The van der Waals surface area contributed by atoms with Gasteiger partial charge in [0, 0.05) is 44.5 Å². The van der Waals surface area contributed by atoms with Crippen LogP contribution in [-0.2, 0) is 7.05 Å². The summed E-state index contributed by atoms with van der Waals surface area (Å²) in [6.45, 7) is 1.13. The zero-order valence-corrected chi connectivity index (χ0v) is 13.3. The summed E-state index contributed by atoms with van der Waals surface area (Å²) in [4.78, 5) is 16.1. The number of hydrogen-bond donors (Lipinski definition) is 1. The molecule has 2 heterocycles. The van der Waals surface area contributed by atoms with Crippen LogP contribution in [0.5, 0.6) is 0 Å². The molecule has 0 spiro atoms. The summed E-state index contributed by atoms with van der Waals surface area (Å²) in [6.07, 6.45) is 4.31. The number of piperidine rings is 1. The summed E-state index contributed by atoms with van der Waals surface area (Å²) in [6, 6.07) is 3.67. The third-order valence-electron chi connectivity index (χ3n) is 4.51. The highest BCUT2D eigenvalue weighted by Gasteiger charge is 2.30. The monoisotopic (exact) mass is 334 g/mol. The van der Waals surface area contributed by atoms with Gasteiger partial charge in [-0.1, -0.05) is 0 Å². The summed E-state index contributed by atoms with van der Waals surface area (Å²) >= 11 is 0. The predicted octanol–water partition coefficient (Wildman–Crippen LogP) is 2.42. The third-order valence-corrected chi connectivity index (χ3v) is 4.51. The molecule has 2 atom stereocenters. The van der Waals surface area contributed by atoms with Crippen LogP contribution in [0, 0.1) is 21.8 Å². The second-order valence-corrected chi connectivity index (χ2v) is 6.08. The van der Waals surface area contributed by atoms with Gasteiger partial charge >= 0.3 is 0 Å². The molecule has 1 saturated heterocycles. The summed E-state index contributed by atoms with van der Waals surface area (Å²) in [7, 11) is 1.82. The molecule has 0 radical (unpaired) electrons. The van der Waals surface area contributed by atoms with Gasteiger partial charge in [0.2, 0.25) is 0 Å². The molecule has 0 amide bonds. The molecule has 24 heavy (non-hydrogen) atoms. The van der Waals surface area contributed by atoms with Crippen molar-refractivity contribution < 1.29 is 14.4 Å². The van der Waals surface area contributed by atoms with Gasteiger partial charge in [-0.2, -0.15) is 0 Å². The number of aryl methyl sites for hydroxylation is 1. The Bertz CT molecular complexity index is 749. The average Bonchev–Trinajstić information content (AvgIpc) is 3.00. The van der Waals surface area contributed by atoms with Crippen molar-refractivity contribution in [3.05, 3.63) is 52.3 Å². The van der Waals surface area contributed by atoms with Gasteiger partial charge in [-0.3, -0.25) is 10.1 Å². The maximum atomic E-state index is 14.2. The highest BCUT2D eigenvalue weighted by Crippen LogP contribution is 2.33. The molecule has 1 aliphatic rings. The lowest BCUT2D eigenvalue weighted by Gasteiger charge is -2.36. The number of aromatic nitrogens is 2. The Morgan fingerprint density at radius 1 is 1.50 bits per heavy atom. The van der Waals surface area contributed by atoms with E-state index in [1.54, 1.807) is 17.0 Å². The molecular weight excluding hydrogens is 315 g/mol. The standard InChI is InChI=1S/C16H19FN4O3/c1-19-8-6-18-16(19)15(22)11-3-2-7-20(10-11)14-5-4-12(21(23)24)9-13(14)17/h4-6,8-9,11,15,22H,2-3,7,10H2,1H3. The Morgan fingerprint density at radius 3 is 2.92 bits per heavy atom. The van der Waals surface area contributed by atoms with Crippen molar-refractivity contribution in [3.8, 4) is 0 Å². The molecule has 8 heteroatoms. The van der Waals surface area contributed by atoms with Crippen LogP contribution in [0.15, 0.2) is 30.6 Å². The zero-order valence-electron chi connectivity index (χ0n) is 13.3. The molecule has 1 aromatic carbocycles. The van der Waals surface area contributed by atoms with E-state index in [0.717, 1.165) is 18.9 Å². The van der Waals surface area contributed by atoms with E-state index in [0.29, 0.717) is 24.6 Å². The number of non-ortho nitro benzene ring substituents is 1. The quantitative estimate of drug-likeness (QED) is 0.686. The number of imidazole rings is 1. The largest absolute Gasteiger partial charge is 0.385 e. The van der Waals surface area contributed by atoms with Gasteiger partial charge in [0.1, 0.15) is 11.9 Å². The van der Waals surface area contributed by atoms with Crippen LogP contribution in [0.25, 0.3) is 0 Å². The number of aliphatic hydroxyl groups excluding tert-OH is 1. The topological polar surface area (TPSA) is 84.4 Å². The van der Waals surface area contributed by atoms with Crippen molar-refractivity contribution in [2.75, 3.05) is 18.0 Å². The number of hydrogen-bond acceptors (Lipinski definition) is 5. The van der Waals surface area contributed by atoms with Crippen molar-refractivity contribution in [1.29, 1.82) is 0 Å². The van der Waals surface area contributed by atoms with E-state index < -0.39 is 16.8 Å². The number of nitro benzene ring substituents is 1. The second-order valence-electron chi connectivity index (χ2n) is 6.08. The first kappa shape index (κ1) is 16.4. The van der Waals surface area contributed by atoms with Crippen molar-refractivity contribution >= 4 is 11.4 Å². The van der Waals surface area contributed by atoms with Crippen molar-refractivity contribution in [2.24, 2.45) is 13.0 Å². The van der Waals surface area contributed by atoms with Crippen LogP contribution in [0.4, 0.5) is 15.8 Å². The highest BCUT2D eigenvalue weighted by atomic mass is 19.1. The van der Waals surface area contributed by atoms with E-state index in [9.17, 15) is 19.6 Å². The van der Waals surface area contributed by atoms with Gasteiger partial charge in [0.15, 0.2) is 5.82 Å².